The average molecular weight is 495 g/mol. The molecule has 1 aliphatic heterocycles. The molecule has 1 aliphatic rings. The number of amides is 1. The van der Waals surface area contributed by atoms with E-state index in [4.69, 9.17) is 4.74 Å². The lowest BCUT2D eigenvalue weighted by molar-refractivity contribution is 0.0600. The number of anilines is 2. The van der Waals surface area contributed by atoms with Crippen molar-refractivity contribution in [2.24, 2.45) is 0 Å². The van der Waals surface area contributed by atoms with Gasteiger partial charge in [-0.1, -0.05) is 42.5 Å². The Morgan fingerprint density at radius 1 is 0.973 bits per heavy atom. The highest BCUT2D eigenvalue weighted by molar-refractivity contribution is 6.00. The summed E-state index contributed by atoms with van der Waals surface area (Å²) in [6, 6.07) is 23.3. The first-order valence-corrected chi connectivity index (χ1v) is 12.4. The molecule has 188 valence electrons. The fraction of sp³-hybridized carbons (Fsp3) is 0.233. The van der Waals surface area contributed by atoms with Crippen molar-refractivity contribution in [3.05, 3.63) is 101 Å². The van der Waals surface area contributed by atoms with E-state index in [0.717, 1.165) is 48.3 Å². The number of nitrogens with zero attached hydrogens (tertiary/aromatic N) is 2. The van der Waals surface area contributed by atoms with Gasteiger partial charge in [-0.05, 0) is 54.8 Å². The van der Waals surface area contributed by atoms with Gasteiger partial charge >= 0.3 is 5.97 Å². The number of esters is 1. The molecule has 0 spiro atoms. The lowest BCUT2D eigenvalue weighted by atomic mass is 10.00. The fourth-order valence-electron chi connectivity index (χ4n) is 4.81. The predicted octanol–water partition coefficient (Wildman–Crippen LogP) is 4.86. The summed E-state index contributed by atoms with van der Waals surface area (Å²) in [5, 5.41) is 7.35. The van der Waals surface area contributed by atoms with Crippen LogP contribution in [0.2, 0.25) is 0 Å². The second-order valence-electron chi connectivity index (χ2n) is 9.29. The molecule has 2 heterocycles. The zero-order valence-corrected chi connectivity index (χ0v) is 21.1. The van der Waals surface area contributed by atoms with Crippen molar-refractivity contribution >= 4 is 34.2 Å². The number of benzene rings is 3. The predicted molar refractivity (Wildman–Crippen MR) is 145 cm³/mol. The third-order valence-electron chi connectivity index (χ3n) is 6.66. The van der Waals surface area contributed by atoms with E-state index >= 15 is 0 Å². The molecule has 3 aromatic carbocycles. The molecule has 7 nitrogen and oxygen atoms in total. The first kappa shape index (κ1) is 24.5. The van der Waals surface area contributed by atoms with Crippen LogP contribution in [0.3, 0.4) is 0 Å². The molecule has 1 aromatic heterocycles. The van der Waals surface area contributed by atoms with Gasteiger partial charge in [-0.2, -0.15) is 0 Å². The Hall–Kier alpha value is -4.23. The summed E-state index contributed by atoms with van der Waals surface area (Å²) >= 11 is 0. The van der Waals surface area contributed by atoms with Crippen LogP contribution < -0.4 is 10.6 Å². The summed E-state index contributed by atoms with van der Waals surface area (Å²) in [4.78, 5) is 32.4. The van der Waals surface area contributed by atoms with Crippen LogP contribution in [0.4, 0.5) is 11.4 Å². The van der Waals surface area contributed by atoms with E-state index in [1.165, 1.54) is 18.2 Å². The molecule has 37 heavy (non-hydrogen) atoms. The van der Waals surface area contributed by atoms with E-state index in [1.807, 2.05) is 37.3 Å². The zero-order chi connectivity index (χ0) is 25.8. The molecule has 4 aromatic rings. The number of rotatable bonds is 7. The van der Waals surface area contributed by atoms with Crippen LogP contribution in [0, 0.1) is 6.92 Å². The van der Waals surface area contributed by atoms with Crippen molar-refractivity contribution in [3.63, 3.8) is 0 Å². The first-order valence-electron chi connectivity index (χ1n) is 12.4. The normalized spacial score (nSPS) is 13.1. The number of methoxy groups -OCH3 is 1. The van der Waals surface area contributed by atoms with E-state index in [-0.39, 0.29) is 5.91 Å². The van der Waals surface area contributed by atoms with Crippen LogP contribution in [0.1, 0.15) is 37.5 Å². The van der Waals surface area contributed by atoms with Gasteiger partial charge < -0.3 is 15.4 Å². The highest BCUT2D eigenvalue weighted by Gasteiger charge is 2.17. The molecule has 0 radical (unpaired) electrons. The standard InChI is InChI=1S/C30H30N4O3/c1-20-15-28(26-9-5-6-10-27(26)32-20)33-25-17-23(16-24(18-25)30(36)37-2)29(35)31-12-14-34-13-11-21-7-3-4-8-22(21)19-34/h3-10,15-18H,11-14,19H2,1-2H3,(H,31,35)(H,32,33). The minimum Gasteiger partial charge on any atom is -0.465 e. The zero-order valence-electron chi connectivity index (χ0n) is 21.1. The molecule has 0 bridgehead atoms. The Bertz CT molecular complexity index is 1470. The first-order chi connectivity index (χ1) is 18.0. The van der Waals surface area contributed by atoms with Gasteiger partial charge in [0.2, 0.25) is 0 Å². The minimum absolute atomic E-state index is 0.234. The van der Waals surface area contributed by atoms with E-state index in [0.29, 0.717) is 23.4 Å². The van der Waals surface area contributed by atoms with Crippen molar-refractivity contribution in [1.29, 1.82) is 0 Å². The van der Waals surface area contributed by atoms with Crippen LogP contribution >= 0.6 is 0 Å². The molecular formula is C30H30N4O3. The van der Waals surface area contributed by atoms with Crippen molar-refractivity contribution < 1.29 is 14.3 Å². The van der Waals surface area contributed by atoms with Gasteiger partial charge in [-0.25, -0.2) is 4.79 Å². The van der Waals surface area contributed by atoms with E-state index in [9.17, 15) is 9.59 Å². The lowest BCUT2D eigenvalue weighted by Gasteiger charge is -2.28. The fourth-order valence-corrected chi connectivity index (χ4v) is 4.81. The number of aryl methyl sites for hydroxylation is 1. The Balaban J connectivity index is 1.32. The van der Waals surface area contributed by atoms with Gasteiger partial charge in [-0.15, -0.1) is 0 Å². The molecule has 0 unspecified atom stereocenters. The SMILES string of the molecule is COC(=O)c1cc(Nc2cc(C)nc3ccccc23)cc(C(=O)NCCN2CCc3ccccc3C2)c1. The summed E-state index contributed by atoms with van der Waals surface area (Å²) in [6.07, 6.45) is 1.02. The van der Waals surface area contributed by atoms with Crippen molar-refractivity contribution in [3.8, 4) is 0 Å². The third kappa shape index (κ3) is 5.62. The molecule has 0 saturated heterocycles. The number of pyridine rings is 1. The Morgan fingerprint density at radius 2 is 1.73 bits per heavy atom. The van der Waals surface area contributed by atoms with Gasteiger partial charge in [-0.3, -0.25) is 14.7 Å². The van der Waals surface area contributed by atoms with Crippen molar-refractivity contribution in [2.75, 3.05) is 32.1 Å². The quantitative estimate of drug-likeness (QED) is 0.357. The smallest absolute Gasteiger partial charge is 0.337 e. The molecule has 7 heteroatoms. The summed E-state index contributed by atoms with van der Waals surface area (Å²) in [7, 11) is 1.33. The van der Waals surface area contributed by atoms with Gasteiger partial charge in [0.1, 0.15) is 0 Å². The maximum atomic E-state index is 13.1. The Kier molecular flexibility index (Phi) is 7.14. The monoisotopic (exact) mass is 494 g/mol. The van der Waals surface area contributed by atoms with E-state index in [1.54, 1.807) is 18.2 Å². The van der Waals surface area contributed by atoms with Crippen LogP contribution in [0.25, 0.3) is 10.9 Å². The maximum absolute atomic E-state index is 13.1. The van der Waals surface area contributed by atoms with E-state index < -0.39 is 5.97 Å². The van der Waals surface area contributed by atoms with Gasteiger partial charge in [0.15, 0.2) is 0 Å². The van der Waals surface area contributed by atoms with E-state index in [2.05, 4.69) is 44.8 Å². The molecule has 1 amide bonds. The van der Waals surface area contributed by atoms with Crippen LogP contribution in [-0.4, -0.2) is 48.5 Å². The number of aromatic nitrogens is 1. The molecule has 5 rings (SSSR count). The van der Waals surface area contributed by atoms with Crippen LogP contribution in [0.5, 0.6) is 0 Å². The Labute approximate surface area is 216 Å². The largest absolute Gasteiger partial charge is 0.465 e. The maximum Gasteiger partial charge on any atom is 0.337 e. The topological polar surface area (TPSA) is 83.6 Å². The number of para-hydroxylation sites is 1. The summed E-state index contributed by atoms with van der Waals surface area (Å²) in [6.45, 7) is 5.06. The second kappa shape index (κ2) is 10.8. The van der Waals surface area contributed by atoms with Crippen LogP contribution in [-0.2, 0) is 17.7 Å². The Morgan fingerprint density at radius 3 is 2.57 bits per heavy atom. The summed E-state index contributed by atoms with van der Waals surface area (Å²) in [5.41, 5.74) is 6.65. The summed E-state index contributed by atoms with van der Waals surface area (Å²) in [5.74, 6) is -0.734. The number of ether oxygens (including phenoxy) is 1. The van der Waals surface area contributed by atoms with Gasteiger partial charge in [0.05, 0.1) is 18.2 Å². The highest BCUT2D eigenvalue weighted by Crippen LogP contribution is 2.28. The van der Waals surface area contributed by atoms with Gasteiger partial charge in [0.25, 0.3) is 5.91 Å². The number of carbonyl (C=O) groups is 2. The molecule has 0 fully saturated rings. The third-order valence-corrected chi connectivity index (χ3v) is 6.66. The number of carbonyl (C=O) groups excluding carboxylic acids is 2. The lowest BCUT2D eigenvalue weighted by Crippen LogP contribution is -2.37. The van der Waals surface area contributed by atoms with Crippen LogP contribution in [0.15, 0.2) is 72.8 Å². The van der Waals surface area contributed by atoms with Crippen molar-refractivity contribution in [1.82, 2.24) is 15.2 Å². The average Bonchev–Trinajstić information content (AvgIpc) is 2.92. The molecule has 0 saturated carbocycles. The molecule has 0 atom stereocenters. The number of hydrogen-bond donors (Lipinski definition) is 2. The number of nitrogens with one attached hydrogen (secondary N) is 2. The number of hydrogen-bond acceptors (Lipinski definition) is 6. The highest BCUT2D eigenvalue weighted by atomic mass is 16.5. The minimum atomic E-state index is -0.500. The van der Waals surface area contributed by atoms with Crippen molar-refractivity contribution in [2.45, 2.75) is 19.9 Å². The molecule has 2 N–H and O–H groups in total. The molecule has 0 aliphatic carbocycles. The molecular weight excluding hydrogens is 464 g/mol. The number of fused-ring (bicyclic) bond motifs is 2. The van der Waals surface area contributed by atoms with Gasteiger partial charge in [0, 0.05) is 54.2 Å². The second-order valence-corrected chi connectivity index (χ2v) is 9.29. The summed E-state index contributed by atoms with van der Waals surface area (Å²) < 4.78 is 4.94.